The molecule has 2 N–H and O–H groups in total. The standard InChI is InChI=1S/C26H36O6/c1-6-32-21-13-24(4)17-7-9-25(5)18(16(17)11-14(2)19(24)12-20(21)28)8-10-26(25,31)23(30)22(29)15(3)27/h7,12,14,16,18,21-22,29,31H,6,8-11,13H2,1-5H3/t14?,16?,18?,21?,22?,24?,25?,26-/m0/s1. The molecule has 2 saturated carbocycles. The van der Waals surface area contributed by atoms with Crippen molar-refractivity contribution in [2.75, 3.05) is 6.61 Å². The smallest absolute Gasteiger partial charge is 0.200 e. The Hall–Kier alpha value is -1.63. The maximum absolute atomic E-state index is 13.0. The number of allylic oxidation sites excluding steroid dienone is 3. The van der Waals surface area contributed by atoms with Crippen LogP contribution in [0.2, 0.25) is 0 Å². The molecule has 0 aromatic heterocycles. The minimum Gasteiger partial charge on any atom is -0.381 e. The number of rotatable bonds is 5. The van der Waals surface area contributed by atoms with Crippen molar-refractivity contribution in [1.29, 1.82) is 0 Å². The van der Waals surface area contributed by atoms with E-state index in [2.05, 4.69) is 19.9 Å². The van der Waals surface area contributed by atoms with Gasteiger partial charge in [0.15, 0.2) is 17.7 Å². The highest BCUT2D eigenvalue weighted by molar-refractivity contribution is 6.08. The molecule has 7 unspecified atom stereocenters. The second-order valence-corrected chi connectivity index (χ2v) is 10.9. The van der Waals surface area contributed by atoms with Crippen LogP contribution in [0, 0.1) is 28.6 Å². The number of ketones is 3. The zero-order valence-corrected chi connectivity index (χ0v) is 19.8. The Morgan fingerprint density at radius 1 is 1.28 bits per heavy atom. The van der Waals surface area contributed by atoms with E-state index in [0.717, 1.165) is 6.42 Å². The molecule has 176 valence electrons. The van der Waals surface area contributed by atoms with Crippen LogP contribution in [0.4, 0.5) is 0 Å². The number of hydrogen-bond acceptors (Lipinski definition) is 6. The van der Waals surface area contributed by atoms with Gasteiger partial charge in [-0.3, -0.25) is 14.4 Å². The van der Waals surface area contributed by atoms with Gasteiger partial charge in [0.05, 0.1) is 0 Å². The molecular formula is C26H36O6. The molecule has 2 fully saturated rings. The number of aliphatic hydroxyl groups is 2. The largest absolute Gasteiger partial charge is 0.381 e. The van der Waals surface area contributed by atoms with E-state index in [1.54, 1.807) is 6.08 Å². The molecule has 0 heterocycles. The Balaban J connectivity index is 1.74. The number of hydrogen-bond donors (Lipinski definition) is 2. The Labute approximate surface area is 190 Å². The molecule has 0 aromatic rings. The Morgan fingerprint density at radius 3 is 2.59 bits per heavy atom. The lowest BCUT2D eigenvalue weighted by molar-refractivity contribution is -0.164. The molecule has 0 aromatic carbocycles. The topological polar surface area (TPSA) is 101 Å². The van der Waals surface area contributed by atoms with Gasteiger partial charge in [-0.15, -0.1) is 0 Å². The summed E-state index contributed by atoms with van der Waals surface area (Å²) in [4.78, 5) is 37.4. The summed E-state index contributed by atoms with van der Waals surface area (Å²) in [5, 5.41) is 21.7. The van der Waals surface area contributed by atoms with E-state index in [1.807, 2.05) is 13.8 Å². The minimum absolute atomic E-state index is 0.0462. The summed E-state index contributed by atoms with van der Waals surface area (Å²) in [5.74, 6) is -0.891. The molecule has 6 heteroatoms. The predicted octanol–water partition coefficient (Wildman–Crippen LogP) is 2.95. The van der Waals surface area contributed by atoms with Gasteiger partial charge in [-0.1, -0.05) is 38.0 Å². The molecule has 4 aliphatic rings. The van der Waals surface area contributed by atoms with Crippen LogP contribution in [0.5, 0.6) is 0 Å². The first kappa shape index (κ1) is 23.5. The van der Waals surface area contributed by atoms with E-state index in [1.165, 1.54) is 18.1 Å². The molecule has 0 radical (unpaired) electrons. The van der Waals surface area contributed by atoms with Gasteiger partial charge < -0.3 is 14.9 Å². The second-order valence-electron chi connectivity index (χ2n) is 10.9. The van der Waals surface area contributed by atoms with Gasteiger partial charge >= 0.3 is 0 Å². The van der Waals surface area contributed by atoms with E-state index in [4.69, 9.17) is 4.74 Å². The summed E-state index contributed by atoms with van der Waals surface area (Å²) in [7, 11) is 0. The Kier molecular flexibility index (Phi) is 5.67. The fraction of sp³-hybridized carbons (Fsp3) is 0.731. The van der Waals surface area contributed by atoms with Crippen molar-refractivity contribution >= 4 is 17.3 Å². The highest BCUT2D eigenvalue weighted by Crippen LogP contribution is 2.66. The van der Waals surface area contributed by atoms with Crippen LogP contribution in [0.1, 0.15) is 66.7 Å². The molecule has 0 amide bonds. The lowest BCUT2D eigenvalue weighted by Crippen LogP contribution is -2.58. The fourth-order valence-corrected chi connectivity index (χ4v) is 7.49. The summed E-state index contributed by atoms with van der Waals surface area (Å²) < 4.78 is 5.78. The van der Waals surface area contributed by atoms with Crippen molar-refractivity contribution < 1.29 is 29.3 Å². The van der Waals surface area contributed by atoms with Gasteiger partial charge in [-0.05, 0) is 69.8 Å². The van der Waals surface area contributed by atoms with Crippen molar-refractivity contribution in [3.05, 3.63) is 23.3 Å². The van der Waals surface area contributed by atoms with Crippen LogP contribution in [-0.4, -0.2) is 52.0 Å². The van der Waals surface area contributed by atoms with Gasteiger partial charge in [0.25, 0.3) is 0 Å². The maximum Gasteiger partial charge on any atom is 0.200 e. The molecular weight excluding hydrogens is 408 g/mol. The van der Waals surface area contributed by atoms with Crippen LogP contribution in [0.15, 0.2) is 23.3 Å². The molecule has 32 heavy (non-hydrogen) atoms. The van der Waals surface area contributed by atoms with E-state index >= 15 is 0 Å². The van der Waals surface area contributed by atoms with Gasteiger partial charge in [-0.2, -0.15) is 0 Å². The van der Waals surface area contributed by atoms with Crippen LogP contribution < -0.4 is 0 Å². The molecule has 0 spiro atoms. The molecule has 0 bridgehead atoms. The van der Waals surface area contributed by atoms with E-state index in [0.29, 0.717) is 25.9 Å². The molecule has 0 saturated heterocycles. The van der Waals surface area contributed by atoms with E-state index in [-0.39, 0.29) is 35.4 Å². The summed E-state index contributed by atoms with van der Waals surface area (Å²) in [5.41, 5.74) is -0.274. The quantitative estimate of drug-likeness (QED) is 0.499. The summed E-state index contributed by atoms with van der Waals surface area (Å²) in [6.07, 6.45) is 4.65. The zero-order valence-electron chi connectivity index (χ0n) is 19.8. The first-order valence-electron chi connectivity index (χ1n) is 11.9. The minimum atomic E-state index is -1.78. The number of aliphatic hydroxyl groups excluding tert-OH is 1. The number of ether oxygens (including phenoxy) is 1. The predicted molar refractivity (Wildman–Crippen MR) is 119 cm³/mol. The van der Waals surface area contributed by atoms with Crippen molar-refractivity contribution in [1.82, 2.24) is 0 Å². The SMILES string of the molecule is CCOC1CC2(C)C(=CC1=O)C(C)CC1C2=CCC2(C)C1CC[C@]2(O)C(=O)C(O)C(C)=O. The van der Waals surface area contributed by atoms with Gasteiger partial charge in [0, 0.05) is 17.4 Å². The second kappa shape index (κ2) is 7.71. The van der Waals surface area contributed by atoms with Crippen LogP contribution in [0.25, 0.3) is 0 Å². The highest BCUT2D eigenvalue weighted by atomic mass is 16.5. The number of carbonyl (C=O) groups excluding carboxylic acids is 3. The van der Waals surface area contributed by atoms with Crippen LogP contribution >= 0.6 is 0 Å². The molecule has 6 nitrogen and oxygen atoms in total. The number of fused-ring (bicyclic) bond motifs is 5. The average molecular weight is 445 g/mol. The highest BCUT2D eigenvalue weighted by Gasteiger charge is 2.66. The number of Topliss-reactive ketones (excluding diaryl/α,β-unsaturated/α-hetero) is 2. The van der Waals surface area contributed by atoms with Gasteiger partial charge in [-0.25, -0.2) is 0 Å². The summed E-state index contributed by atoms with van der Waals surface area (Å²) in [6.45, 7) is 9.87. The fourth-order valence-electron chi connectivity index (χ4n) is 7.49. The van der Waals surface area contributed by atoms with Crippen LogP contribution in [0.3, 0.4) is 0 Å². The molecule has 0 aliphatic heterocycles. The van der Waals surface area contributed by atoms with Gasteiger partial charge in [0.1, 0.15) is 11.7 Å². The third kappa shape index (κ3) is 3.06. The third-order valence-electron chi connectivity index (χ3n) is 9.24. The monoisotopic (exact) mass is 444 g/mol. The molecule has 4 rings (SSSR count). The lowest BCUT2D eigenvalue weighted by atomic mass is 9.48. The summed E-state index contributed by atoms with van der Waals surface area (Å²) in [6, 6.07) is 0. The summed E-state index contributed by atoms with van der Waals surface area (Å²) >= 11 is 0. The van der Waals surface area contributed by atoms with Crippen molar-refractivity contribution in [2.24, 2.45) is 28.6 Å². The van der Waals surface area contributed by atoms with Gasteiger partial charge in [0.2, 0.25) is 5.78 Å². The third-order valence-corrected chi connectivity index (χ3v) is 9.24. The first-order valence-corrected chi connectivity index (χ1v) is 11.9. The maximum atomic E-state index is 13.0. The lowest BCUT2D eigenvalue weighted by Gasteiger charge is -2.56. The van der Waals surface area contributed by atoms with Crippen molar-refractivity contribution in [3.8, 4) is 0 Å². The van der Waals surface area contributed by atoms with Crippen molar-refractivity contribution in [2.45, 2.75) is 84.5 Å². The van der Waals surface area contributed by atoms with Crippen molar-refractivity contribution in [3.63, 3.8) is 0 Å². The normalized spacial score (nSPS) is 44.0. The molecule has 4 aliphatic carbocycles. The Bertz CT molecular complexity index is 917. The van der Waals surface area contributed by atoms with E-state index < -0.39 is 34.8 Å². The van der Waals surface area contributed by atoms with E-state index in [9.17, 15) is 24.6 Å². The Morgan fingerprint density at radius 2 is 1.97 bits per heavy atom. The first-order chi connectivity index (χ1) is 14.9. The number of carbonyl (C=O) groups is 3. The molecule has 8 atom stereocenters. The average Bonchev–Trinajstić information content (AvgIpc) is 3.01. The van der Waals surface area contributed by atoms with Crippen LogP contribution in [-0.2, 0) is 19.1 Å². The zero-order chi connectivity index (χ0) is 23.6.